The van der Waals surface area contributed by atoms with E-state index in [0.29, 0.717) is 12.1 Å². The lowest BCUT2D eigenvalue weighted by Gasteiger charge is -2.31. The first-order valence-corrected chi connectivity index (χ1v) is 7.72. The van der Waals surface area contributed by atoms with E-state index in [0.717, 1.165) is 32.0 Å². The topological polar surface area (TPSA) is 33.7 Å². The van der Waals surface area contributed by atoms with Crippen molar-refractivity contribution < 1.29 is 9.47 Å². The molecule has 0 aliphatic heterocycles. The van der Waals surface area contributed by atoms with Gasteiger partial charge in [0.1, 0.15) is 5.75 Å². The van der Waals surface area contributed by atoms with Gasteiger partial charge in [0.25, 0.3) is 0 Å². The van der Waals surface area contributed by atoms with Crippen molar-refractivity contribution in [2.45, 2.75) is 32.9 Å². The van der Waals surface area contributed by atoms with Gasteiger partial charge in [-0.3, -0.25) is 4.90 Å². The molecular weight excluding hydrogens is 264 g/mol. The van der Waals surface area contributed by atoms with E-state index >= 15 is 0 Å². The summed E-state index contributed by atoms with van der Waals surface area (Å²) in [6, 6.07) is 9.09. The van der Waals surface area contributed by atoms with Gasteiger partial charge in [-0.15, -0.1) is 0 Å². The van der Waals surface area contributed by atoms with Gasteiger partial charge in [0.15, 0.2) is 0 Å². The second-order valence-corrected chi connectivity index (χ2v) is 5.47. The van der Waals surface area contributed by atoms with Crippen LogP contribution >= 0.6 is 0 Å². The summed E-state index contributed by atoms with van der Waals surface area (Å²) in [6.07, 6.45) is 0. The number of nitrogens with zero attached hydrogens (tertiary/aromatic N) is 1. The Morgan fingerprint density at radius 3 is 2.57 bits per heavy atom. The van der Waals surface area contributed by atoms with Crippen LogP contribution in [0.2, 0.25) is 0 Å². The van der Waals surface area contributed by atoms with Gasteiger partial charge in [0.05, 0.1) is 13.7 Å². The van der Waals surface area contributed by atoms with E-state index < -0.39 is 0 Å². The number of benzene rings is 1. The summed E-state index contributed by atoms with van der Waals surface area (Å²) in [4.78, 5) is 2.44. The van der Waals surface area contributed by atoms with Crippen molar-refractivity contribution >= 4 is 0 Å². The molecule has 0 amide bonds. The SMILES string of the molecule is CCNC(CN(CCOC)C(C)C)c1cccc(OC)c1. The molecule has 0 saturated heterocycles. The Kier molecular flexibility index (Phi) is 8.35. The Bertz CT molecular complexity index is 396. The third kappa shape index (κ3) is 6.04. The molecule has 0 heterocycles. The van der Waals surface area contributed by atoms with Gasteiger partial charge in [-0.05, 0) is 38.1 Å². The average molecular weight is 294 g/mol. The predicted octanol–water partition coefficient (Wildman–Crippen LogP) is 2.70. The lowest BCUT2D eigenvalue weighted by Crippen LogP contribution is -2.40. The Labute approximate surface area is 129 Å². The molecule has 0 saturated carbocycles. The van der Waals surface area contributed by atoms with Crippen molar-refractivity contribution in [3.8, 4) is 5.75 Å². The van der Waals surface area contributed by atoms with Crippen molar-refractivity contribution in [3.05, 3.63) is 29.8 Å². The maximum Gasteiger partial charge on any atom is 0.119 e. The van der Waals surface area contributed by atoms with Crippen molar-refractivity contribution in [1.29, 1.82) is 0 Å². The standard InChI is InChI=1S/C17H30N2O2/c1-6-18-17(13-19(14(2)3)10-11-20-4)15-8-7-9-16(12-15)21-5/h7-9,12,14,17-18H,6,10-11,13H2,1-5H3. The highest BCUT2D eigenvalue weighted by atomic mass is 16.5. The highest BCUT2D eigenvalue weighted by Crippen LogP contribution is 2.20. The Hall–Kier alpha value is -1.10. The first kappa shape index (κ1) is 18.0. The molecule has 1 rings (SSSR count). The average Bonchev–Trinajstić information content (AvgIpc) is 2.50. The molecule has 1 atom stereocenters. The maximum absolute atomic E-state index is 5.34. The highest BCUT2D eigenvalue weighted by Gasteiger charge is 2.17. The molecule has 21 heavy (non-hydrogen) atoms. The Morgan fingerprint density at radius 2 is 2.00 bits per heavy atom. The van der Waals surface area contributed by atoms with Crippen LogP contribution in [-0.4, -0.2) is 51.4 Å². The normalized spacial score (nSPS) is 12.9. The Balaban J connectivity index is 2.83. The van der Waals surface area contributed by atoms with Crippen LogP contribution in [0.1, 0.15) is 32.4 Å². The van der Waals surface area contributed by atoms with Gasteiger partial charge in [-0.2, -0.15) is 0 Å². The third-order valence-electron chi connectivity index (χ3n) is 3.68. The third-order valence-corrected chi connectivity index (χ3v) is 3.68. The molecule has 0 aromatic heterocycles. The zero-order valence-corrected chi connectivity index (χ0v) is 14.1. The van der Waals surface area contributed by atoms with E-state index in [4.69, 9.17) is 9.47 Å². The molecule has 0 spiro atoms. The molecule has 0 aliphatic rings. The van der Waals surface area contributed by atoms with E-state index in [-0.39, 0.29) is 0 Å². The van der Waals surface area contributed by atoms with E-state index in [1.807, 2.05) is 12.1 Å². The molecule has 0 fully saturated rings. The molecule has 120 valence electrons. The minimum Gasteiger partial charge on any atom is -0.497 e. The van der Waals surface area contributed by atoms with E-state index in [1.165, 1.54) is 5.56 Å². The van der Waals surface area contributed by atoms with E-state index in [2.05, 4.69) is 43.1 Å². The molecular formula is C17H30N2O2. The molecule has 4 heteroatoms. The summed E-state index contributed by atoms with van der Waals surface area (Å²) in [5.74, 6) is 0.906. The Morgan fingerprint density at radius 1 is 1.24 bits per heavy atom. The lowest BCUT2D eigenvalue weighted by molar-refractivity contribution is 0.121. The second kappa shape index (κ2) is 9.77. The molecule has 0 bridgehead atoms. The first-order valence-electron chi connectivity index (χ1n) is 7.72. The van der Waals surface area contributed by atoms with Gasteiger partial charge in [-0.25, -0.2) is 0 Å². The molecule has 1 aromatic rings. The fourth-order valence-electron chi connectivity index (χ4n) is 2.40. The number of hydrogen-bond acceptors (Lipinski definition) is 4. The van der Waals surface area contributed by atoms with Crippen molar-refractivity contribution in [3.63, 3.8) is 0 Å². The summed E-state index contributed by atoms with van der Waals surface area (Å²) in [7, 11) is 3.46. The predicted molar refractivity (Wildman–Crippen MR) is 88.0 cm³/mol. The summed E-state index contributed by atoms with van der Waals surface area (Å²) >= 11 is 0. The summed E-state index contributed by atoms with van der Waals surface area (Å²) in [5.41, 5.74) is 1.26. The number of likely N-dealkylation sites (N-methyl/N-ethyl adjacent to an activating group) is 1. The summed E-state index contributed by atoms with van der Waals surface area (Å²) < 4.78 is 10.6. The lowest BCUT2D eigenvalue weighted by atomic mass is 10.1. The van der Waals surface area contributed by atoms with Crippen molar-refractivity contribution in [2.24, 2.45) is 0 Å². The largest absolute Gasteiger partial charge is 0.497 e. The molecule has 0 aliphatic carbocycles. The van der Waals surface area contributed by atoms with Crippen LogP contribution in [0.3, 0.4) is 0 Å². The van der Waals surface area contributed by atoms with Crippen LogP contribution < -0.4 is 10.1 Å². The number of nitrogens with one attached hydrogen (secondary N) is 1. The monoisotopic (exact) mass is 294 g/mol. The van der Waals surface area contributed by atoms with Gasteiger partial charge in [0, 0.05) is 32.3 Å². The maximum atomic E-state index is 5.34. The molecule has 0 radical (unpaired) electrons. The zero-order valence-electron chi connectivity index (χ0n) is 14.1. The van der Waals surface area contributed by atoms with Crippen LogP contribution in [0.25, 0.3) is 0 Å². The van der Waals surface area contributed by atoms with Crippen molar-refractivity contribution in [2.75, 3.05) is 40.5 Å². The fraction of sp³-hybridized carbons (Fsp3) is 0.647. The van der Waals surface area contributed by atoms with Gasteiger partial charge < -0.3 is 14.8 Å². The molecule has 4 nitrogen and oxygen atoms in total. The van der Waals surface area contributed by atoms with Crippen LogP contribution in [0.15, 0.2) is 24.3 Å². The molecule has 1 N–H and O–H groups in total. The first-order chi connectivity index (χ1) is 10.1. The van der Waals surface area contributed by atoms with E-state index in [1.54, 1.807) is 14.2 Å². The van der Waals surface area contributed by atoms with Gasteiger partial charge >= 0.3 is 0 Å². The minimum atomic E-state index is 0.296. The smallest absolute Gasteiger partial charge is 0.119 e. The van der Waals surface area contributed by atoms with Gasteiger partial charge in [-0.1, -0.05) is 19.1 Å². The number of ether oxygens (including phenoxy) is 2. The van der Waals surface area contributed by atoms with Gasteiger partial charge in [0.2, 0.25) is 0 Å². The molecule has 1 unspecified atom stereocenters. The highest BCUT2D eigenvalue weighted by molar-refractivity contribution is 5.30. The second-order valence-electron chi connectivity index (χ2n) is 5.47. The number of methoxy groups -OCH3 is 2. The number of rotatable bonds is 10. The van der Waals surface area contributed by atoms with Crippen LogP contribution in [0.5, 0.6) is 5.75 Å². The zero-order chi connectivity index (χ0) is 15.7. The van der Waals surface area contributed by atoms with Crippen molar-refractivity contribution in [1.82, 2.24) is 10.2 Å². The summed E-state index contributed by atoms with van der Waals surface area (Å²) in [5, 5.41) is 3.57. The number of hydrogen-bond donors (Lipinski definition) is 1. The minimum absolute atomic E-state index is 0.296. The van der Waals surface area contributed by atoms with Crippen LogP contribution in [0.4, 0.5) is 0 Å². The fourth-order valence-corrected chi connectivity index (χ4v) is 2.40. The van der Waals surface area contributed by atoms with E-state index in [9.17, 15) is 0 Å². The quantitative estimate of drug-likeness (QED) is 0.719. The van der Waals surface area contributed by atoms with Crippen LogP contribution in [-0.2, 0) is 4.74 Å². The van der Waals surface area contributed by atoms with Crippen LogP contribution in [0, 0.1) is 0 Å². The summed E-state index contributed by atoms with van der Waals surface area (Å²) in [6.45, 7) is 10.2. The molecule has 1 aromatic carbocycles.